The summed E-state index contributed by atoms with van der Waals surface area (Å²) in [7, 11) is 0. The lowest BCUT2D eigenvalue weighted by Crippen LogP contribution is -2.02. The van der Waals surface area contributed by atoms with Crippen molar-refractivity contribution < 1.29 is 5.11 Å². The zero-order chi connectivity index (χ0) is 13.8. The molecule has 0 saturated heterocycles. The van der Waals surface area contributed by atoms with Gasteiger partial charge in [0.15, 0.2) is 0 Å². The molecule has 0 spiro atoms. The molecule has 2 aromatic rings. The third kappa shape index (κ3) is 3.37. The van der Waals surface area contributed by atoms with Crippen LogP contribution >= 0.6 is 11.6 Å². The van der Waals surface area contributed by atoms with Crippen molar-refractivity contribution in [3.63, 3.8) is 0 Å². The van der Waals surface area contributed by atoms with E-state index in [0.29, 0.717) is 5.02 Å². The van der Waals surface area contributed by atoms with Crippen molar-refractivity contribution in [3.8, 4) is 0 Å². The number of hydrogen-bond donors (Lipinski definition) is 1. The van der Waals surface area contributed by atoms with Gasteiger partial charge in [0.2, 0.25) is 0 Å². The summed E-state index contributed by atoms with van der Waals surface area (Å²) >= 11 is 6.00. The van der Waals surface area contributed by atoms with E-state index in [0.717, 1.165) is 29.5 Å². The largest absolute Gasteiger partial charge is 0.384 e. The molecule has 19 heavy (non-hydrogen) atoms. The van der Waals surface area contributed by atoms with E-state index in [1.807, 2.05) is 37.3 Å². The summed E-state index contributed by atoms with van der Waals surface area (Å²) < 4.78 is 0. The number of hydrogen-bond acceptors (Lipinski definition) is 1. The first-order chi connectivity index (χ1) is 9.11. The first-order valence-corrected chi connectivity index (χ1v) is 7.02. The van der Waals surface area contributed by atoms with Crippen molar-refractivity contribution in [2.24, 2.45) is 0 Å². The van der Waals surface area contributed by atoms with Gasteiger partial charge in [-0.3, -0.25) is 0 Å². The fourth-order valence-corrected chi connectivity index (χ4v) is 2.42. The number of aliphatic hydroxyl groups excluding tert-OH is 1. The quantitative estimate of drug-likeness (QED) is 0.858. The van der Waals surface area contributed by atoms with E-state index >= 15 is 0 Å². The van der Waals surface area contributed by atoms with Crippen LogP contribution in [0.5, 0.6) is 0 Å². The molecule has 0 amide bonds. The van der Waals surface area contributed by atoms with Gasteiger partial charge >= 0.3 is 0 Å². The van der Waals surface area contributed by atoms with Gasteiger partial charge in [-0.1, -0.05) is 55.3 Å². The van der Waals surface area contributed by atoms with E-state index in [4.69, 9.17) is 11.6 Å². The van der Waals surface area contributed by atoms with E-state index in [1.54, 1.807) is 0 Å². The molecule has 0 bridgehead atoms. The molecule has 0 saturated carbocycles. The summed E-state index contributed by atoms with van der Waals surface area (Å²) in [4.78, 5) is 0. The van der Waals surface area contributed by atoms with Crippen molar-refractivity contribution in [1.29, 1.82) is 0 Å². The average molecular weight is 275 g/mol. The van der Waals surface area contributed by atoms with Crippen molar-refractivity contribution in [1.82, 2.24) is 0 Å². The number of aryl methyl sites for hydroxylation is 2. The van der Waals surface area contributed by atoms with Crippen LogP contribution < -0.4 is 0 Å². The summed E-state index contributed by atoms with van der Waals surface area (Å²) in [6, 6.07) is 13.8. The van der Waals surface area contributed by atoms with Crippen LogP contribution in [0.4, 0.5) is 0 Å². The van der Waals surface area contributed by atoms with Crippen LogP contribution in [0.15, 0.2) is 42.5 Å². The van der Waals surface area contributed by atoms with Crippen molar-refractivity contribution in [3.05, 3.63) is 69.7 Å². The van der Waals surface area contributed by atoms with Gasteiger partial charge in [0.25, 0.3) is 0 Å². The van der Waals surface area contributed by atoms with Crippen LogP contribution in [0.2, 0.25) is 5.02 Å². The highest BCUT2D eigenvalue weighted by Crippen LogP contribution is 2.27. The van der Waals surface area contributed by atoms with Crippen LogP contribution in [-0.4, -0.2) is 5.11 Å². The highest BCUT2D eigenvalue weighted by atomic mass is 35.5. The topological polar surface area (TPSA) is 20.2 Å². The van der Waals surface area contributed by atoms with Crippen LogP contribution in [0.25, 0.3) is 0 Å². The minimum Gasteiger partial charge on any atom is -0.384 e. The Hall–Kier alpha value is -1.31. The monoisotopic (exact) mass is 274 g/mol. The Labute approximate surface area is 119 Å². The SMILES string of the molecule is CCCc1ccc(C(O)c2cc(Cl)ccc2C)cc1. The Balaban J connectivity index is 2.27. The smallest absolute Gasteiger partial charge is 0.104 e. The summed E-state index contributed by atoms with van der Waals surface area (Å²) in [5.41, 5.74) is 4.14. The summed E-state index contributed by atoms with van der Waals surface area (Å²) in [6.07, 6.45) is 1.59. The average Bonchev–Trinajstić information content (AvgIpc) is 2.42. The van der Waals surface area contributed by atoms with Crippen molar-refractivity contribution in [2.45, 2.75) is 32.8 Å². The maximum atomic E-state index is 10.5. The molecule has 0 fully saturated rings. The minimum absolute atomic E-state index is 0.616. The van der Waals surface area contributed by atoms with Gasteiger partial charge in [0.05, 0.1) is 0 Å². The molecule has 0 aliphatic rings. The van der Waals surface area contributed by atoms with Gasteiger partial charge in [-0.15, -0.1) is 0 Å². The Morgan fingerprint density at radius 2 is 1.79 bits per heavy atom. The summed E-state index contributed by atoms with van der Waals surface area (Å²) in [6.45, 7) is 4.15. The second-order valence-electron chi connectivity index (χ2n) is 4.90. The van der Waals surface area contributed by atoms with Gasteiger partial charge in [0.1, 0.15) is 6.10 Å². The predicted octanol–water partition coefficient (Wildman–Crippen LogP) is 4.68. The molecule has 0 heterocycles. The zero-order valence-electron chi connectivity index (χ0n) is 11.4. The standard InChI is InChI=1S/C17H19ClO/c1-3-4-13-6-8-14(9-7-13)17(19)16-11-15(18)10-5-12(16)2/h5-11,17,19H,3-4H2,1-2H3. The fourth-order valence-electron chi connectivity index (χ4n) is 2.24. The lowest BCUT2D eigenvalue weighted by atomic mass is 9.96. The molecule has 1 atom stereocenters. The fraction of sp³-hybridized carbons (Fsp3) is 0.294. The van der Waals surface area contributed by atoms with Gasteiger partial charge in [-0.2, -0.15) is 0 Å². The number of benzene rings is 2. The van der Waals surface area contributed by atoms with Crippen LogP contribution in [0.1, 0.15) is 41.7 Å². The molecule has 0 radical (unpaired) electrons. The molecule has 1 nitrogen and oxygen atoms in total. The zero-order valence-corrected chi connectivity index (χ0v) is 12.1. The molecule has 0 aliphatic carbocycles. The third-order valence-electron chi connectivity index (χ3n) is 3.37. The first-order valence-electron chi connectivity index (χ1n) is 6.64. The van der Waals surface area contributed by atoms with Crippen LogP contribution in [0, 0.1) is 6.92 Å². The molecular formula is C17H19ClO. The maximum Gasteiger partial charge on any atom is 0.104 e. The van der Waals surface area contributed by atoms with Crippen molar-refractivity contribution >= 4 is 11.6 Å². The summed E-state index contributed by atoms with van der Waals surface area (Å²) in [5, 5.41) is 11.1. The van der Waals surface area contributed by atoms with E-state index in [1.165, 1.54) is 5.56 Å². The summed E-state index contributed by atoms with van der Waals surface area (Å²) in [5.74, 6) is 0. The Kier molecular flexibility index (Phi) is 4.62. The molecule has 100 valence electrons. The maximum absolute atomic E-state index is 10.5. The highest BCUT2D eigenvalue weighted by molar-refractivity contribution is 6.30. The van der Waals surface area contributed by atoms with Gasteiger partial charge in [-0.25, -0.2) is 0 Å². The van der Waals surface area contributed by atoms with Crippen molar-refractivity contribution in [2.75, 3.05) is 0 Å². The second-order valence-corrected chi connectivity index (χ2v) is 5.33. The lowest BCUT2D eigenvalue weighted by Gasteiger charge is -2.15. The van der Waals surface area contributed by atoms with E-state index in [-0.39, 0.29) is 0 Å². The molecule has 1 unspecified atom stereocenters. The molecule has 1 N–H and O–H groups in total. The van der Waals surface area contributed by atoms with Gasteiger partial charge in [0, 0.05) is 5.02 Å². The molecule has 2 aromatic carbocycles. The molecule has 2 rings (SSSR count). The number of halogens is 1. The highest BCUT2D eigenvalue weighted by Gasteiger charge is 2.13. The Morgan fingerprint density at radius 3 is 2.42 bits per heavy atom. The molecule has 2 heteroatoms. The first kappa shape index (κ1) is 14.1. The number of rotatable bonds is 4. The van der Waals surface area contributed by atoms with Gasteiger partial charge < -0.3 is 5.11 Å². The molecular weight excluding hydrogens is 256 g/mol. The molecule has 0 aromatic heterocycles. The predicted molar refractivity (Wildman–Crippen MR) is 80.7 cm³/mol. The normalized spacial score (nSPS) is 12.4. The Bertz CT molecular complexity index is 546. The van der Waals surface area contributed by atoms with E-state index in [2.05, 4.69) is 19.1 Å². The minimum atomic E-state index is -0.616. The van der Waals surface area contributed by atoms with E-state index in [9.17, 15) is 5.11 Å². The number of aliphatic hydroxyl groups is 1. The lowest BCUT2D eigenvalue weighted by molar-refractivity contribution is 0.219. The van der Waals surface area contributed by atoms with Crippen LogP contribution in [0.3, 0.4) is 0 Å². The van der Waals surface area contributed by atoms with E-state index < -0.39 is 6.10 Å². The van der Waals surface area contributed by atoms with Crippen LogP contribution in [-0.2, 0) is 6.42 Å². The van der Waals surface area contributed by atoms with Gasteiger partial charge in [-0.05, 0) is 47.7 Å². The second kappa shape index (κ2) is 6.23. The Morgan fingerprint density at radius 1 is 1.11 bits per heavy atom. The molecule has 0 aliphatic heterocycles. The third-order valence-corrected chi connectivity index (χ3v) is 3.61.